The standard InChI is InChI=1S/C27H30O3/c1-26-12-10-19(29)14-18(26)8-9-20-22(26)11-13-27(2)23(20)15-21(25(27)24(30)16-28)17-6-4-3-5-7-17/h3-8,10-12,20-21,23,25,28H,9,13-16H2,1-2H3/t20?,21-,23?,25+,26-,27-/m0/s1. The van der Waals surface area contributed by atoms with Crippen LogP contribution in [-0.2, 0) is 9.59 Å². The zero-order chi connectivity index (χ0) is 21.1. The maximum Gasteiger partial charge on any atom is 0.162 e. The maximum atomic E-state index is 13.0. The SMILES string of the molecule is C[C@]12C=CC(=O)CC1=CCC1C2=CC[C@@]2(C)C1C[C@@H](c1ccccc1)[C@@H]2C(=O)CO. The van der Waals surface area contributed by atoms with Crippen LogP contribution in [0.2, 0.25) is 0 Å². The van der Waals surface area contributed by atoms with Crippen LogP contribution in [-0.4, -0.2) is 23.3 Å². The molecule has 6 atom stereocenters. The molecule has 0 aliphatic heterocycles. The van der Waals surface area contributed by atoms with E-state index in [1.54, 1.807) is 6.08 Å². The predicted molar refractivity (Wildman–Crippen MR) is 117 cm³/mol. The molecule has 4 aliphatic carbocycles. The number of fused-ring (bicyclic) bond motifs is 5. The minimum Gasteiger partial charge on any atom is -0.389 e. The molecule has 1 aromatic rings. The van der Waals surface area contributed by atoms with Gasteiger partial charge in [0.1, 0.15) is 6.61 Å². The number of Topliss-reactive ketones (excluding diaryl/α,β-unsaturated/α-hetero) is 1. The van der Waals surface area contributed by atoms with Gasteiger partial charge in [0.2, 0.25) is 0 Å². The van der Waals surface area contributed by atoms with Crippen LogP contribution < -0.4 is 0 Å². The number of hydrogen-bond donors (Lipinski definition) is 1. The monoisotopic (exact) mass is 402 g/mol. The Labute approximate surface area is 178 Å². The van der Waals surface area contributed by atoms with Crippen LogP contribution in [0.15, 0.2) is 65.8 Å². The van der Waals surface area contributed by atoms with Gasteiger partial charge < -0.3 is 5.11 Å². The van der Waals surface area contributed by atoms with Crippen molar-refractivity contribution in [3.05, 3.63) is 71.3 Å². The number of hydrogen-bond acceptors (Lipinski definition) is 3. The van der Waals surface area contributed by atoms with Crippen molar-refractivity contribution in [1.82, 2.24) is 0 Å². The summed E-state index contributed by atoms with van der Waals surface area (Å²) in [6, 6.07) is 10.4. The minimum absolute atomic E-state index is 0.0212. The highest BCUT2D eigenvalue weighted by molar-refractivity contribution is 5.94. The summed E-state index contributed by atoms with van der Waals surface area (Å²) in [6.07, 6.45) is 11.8. The van der Waals surface area contributed by atoms with Crippen molar-refractivity contribution in [2.24, 2.45) is 28.6 Å². The van der Waals surface area contributed by atoms with Crippen LogP contribution in [0.3, 0.4) is 0 Å². The third-order valence-corrected chi connectivity index (χ3v) is 8.70. The van der Waals surface area contributed by atoms with Gasteiger partial charge in [-0.15, -0.1) is 0 Å². The van der Waals surface area contributed by atoms with Gasteiger partial charge in [-0.25, -0.2) is 0 Å². The van der Waals surface area contributed by atoms with Crippen molar-refractivity contribution in [3.8, 4) is 0 Å². The molecule has 3 heteroatoms. The Kier molecular flexibility index (Phi) is 4.52. The van der Waals surface area contributed by atoms with Crippen molar-refractivity contribution in [3.63, 3.8) is 0 Å². The second-order valence-electron chi connectivity index (χ2n) is 10.1. The number of aliphatic hydroxyl groups excluding tert-OH is 1. The highest BCUT2D eigenvalue weighted by atomic mass is 16.3. The molecule has 30 heavy (non-hydrogen) atoms. The molecule has 3 nitrogen and oxygen atoms in total. The van der Waals surface area contributed by atoms with Crippen molar-refractivity contribution < 1.29 is 14.7 Å². The molecule has 1 saturated carbocycles. The number of allylic oxidation sites excluding steroid dienone is 6. The first-order valence-corrected chi connectivity index (χ1v) is 11.2. The van der Waals surface area contributed by atoms with Gasteiger partial charge in [-0.1, -0.05) is 66.6 Å². The van der Waals surface area contributed by atoms with Gasteiger partial charge in [-0.2, -0.15) is 0 Å². The first-order chi connectivity index (χ1) is 14.4. The lowest BCUT2D eigenvalue weighted by Gasteiger charge is -2.51. The van der Waals surface area contributed by atoms with E-state index >= 15 is 0 Å². The van der Waals surface area contributed by atoms with E-state index in [0.717, 1.165) is 19.3 Å². The molecule has 5 rings (SSSR count). The number of carbonyl (C=O) groups excluding carboxylic acids is 2. The van der Waals surface area contributed by atoms with Gasteiger partial charge in [0.05, 0.1) is 0 Å². The van der Waals surface area contributed by atoms with Gasteiger partial charge in [0, 0.05) is 17.8 Å². The lowest BCUT2D eigenvalue weighted by Crippen LogP contribution is -2.45. The highest BCUT2D eigenvalue weighted by Gasteiger charge is 2.60. The molecule has 0 saturated heterocycles. The second kappa shape index (κ2) is 6.88. The molecule has 2 unspecified atom stereocenters. The zero-order valence-corrected chi connectivity index (χ0v) is 17.8. The van der Waals surface area contributed by atoms with Crippen molar-refractivity contribution in [2.75, 3.05) is 6.61 Å². The second-order valence-corrected chi connectivity index (χ2v) is 10.1. The van der Waals surface area contributed by atoms with E-state index < -0.39 is 0 Å². The molecule has 1 fully saturated rings. The lowest BCUT2D eigenvalue weighted by atomic mass is 9.53. The lowest BCUT2D eigenvalue weighted by molar-refractivity contribution is -0.130. The predicted octanol–water partition coefficient (Wildman–Crippen LogP) is 4.79. The van der Waals surface area contributed by atoms with E-state index in [9.17, 15) is 14.7 Å². The Morgan fingerprint density at radius 3 is 2.63 bits per heavy atom. The normalized spacial score (nSPS) is 39.5. The Balaban J connectivity index is 1.58. The minimum atomic E-state index is -0.385. The number of ketones is 2. The fourth-order valence-corrected chi connectivity index (χ4v) is 7.21. The van der Waals surface area contributed by atoms with Gasteiger partial charge in [-0.3, -0.25) is 9.59 Å². The molecule has 4 aliphatic rings. The van der Waals surface area contributed by atoms with Crippen molar-refractivity contribution in [2.45, 2.75) is 45.4 Å². The Hall–Kier alpha value is -2.26. The molecule has 0 radical (unpaired) electrons. The number of rotatable bonds is 3. The van der Waals surface area contributed by atoms with Crippen LogP contribution in [0.5, 0.6) is 0 Å². The van der Waals surface area contributed by atoms with Gasteiger partial charge in [0.25, 0.3) is 0 Å². The smallest absolute Gasteiger partial charge is 0.162 e. The van der Waals surface area contributed by atoms with Crippen LogP contribution in [0.4, 0.5) is 0 Å². The summed E-state index contributed by atoms with van der Waals surface area (Å²) in [5.41, 5.74) is 3.57. The first kappa shape index (κ1) is 19.7. The third kappa shape index (κ3) is 2.68. The summed E-state index contributed by atoms with van der Waals surface area (Å²) < 4.78 is 0. The number of benzene rings is 1. The van der Waals surface area contributed by atoms with E-state index in [4.69, 9.17) is 0 Å². The van der Waals surface area contributed by atoms with E-state index in [-0.39, 0.29) is 40.8 Å². The zero-order valence-electron chi connectivity index (χ0n) is 17.8. The fourth-order valence-electron chi connectivity index (χ4n) is 7.21. The topological polar surface area (TPSA) is 54.4 Å². The van der Waals surface area contributed by atoms with Crippen LogP contribution >= 0.6 is 0 Å². The van der Waals surface area contributed by atoms with E-state index in [2.05, 4.69) is 44.2 Å². The van der Waals surface area contributed by atoms with Crippen LogP contribution in [0.1, 0.15) is 51.0 Å². The summed E-state index contributed by atoms with van der Waals surface area (Å²) >= 11 is 0. The van der Waals surface area contributed by atoms with Gasteiger partial charge >= 0.3 is 0 Å². The molecule has 0 aromatic heterocycles. The quantitative estimate of drug-likeness (QED) is 0.740. The Morgan fingerprint density at radius 2 is 1.90 bits per heavy atom. The van der Waals surface area contributed by atoms with Crippen molar-refractivity contribution in [1.29, 1.82) is 0 Å². The third-order valence-electron chi connectivity index (χ3n) is 8.70. The van der Waals surface area contributed by atoms with E-state index in [1.807, 2.05) is 18.2 Å². The summed E-state index contributed by atoms with van der Waals surface area (Å²) in [5.74, 6) is 0.940. The van der Waals surface area contributed by atoms with Crippen LogP contribution in [0.25, 0.3) is 0 Å². The fraction of sp³-hybridized carbons (Fsp3) is 0.481. The number of carbonyl (C=O) groups is 2. The molecule has 0 spiro atoms. The molecule has 1 N–H and O–H groups in total. The molecular weight excluding hydrogens is 372 g/mol. The van der Waals surface area contributed by atoms with Crippen LogP contribution in [0, 0.1) is 28.6 Å². The summed E-state index contributed by atoms with van der Waals surface area (Å²) in [6.45, 7) is 4.14. The molecule has 156 valence electrons. The Morgan fingerprint density at radius 1 is 1.13 bits per heavy atom. The maximum absolute atomic E-state index is 13.0. The van der Waals surface area contributed by atoms with Gasteiger partial charge in [0.15, 0.2) is 11.6 Å². The highest BCUT2D eigenvalue weighted by Crippen LogP contribution is 2.66. The molecule has 0 bridgehead atoms. The summed E-state index contributed by atoms with van der Waals surface area (Å²) in [4.78, 5) is 25.0. The Bertz CT molecular complexity index is 985. The average molecular weight is 403 g/mol. The molecular formula is C27H30O3. The van der Waals surface area contributed by atoms with E-state index in [0.29, 0.717) is 18.3 Å². The molecule has 1 aromatic carbocycles. The number of aliphatic hydroxyl groups is 1. The van der Waals surface area contributed by atoms with Gasteiger partial charge in [-0.05, 0) is 61.0 Å². The largest absolute Gasteiger partial charge is 0.389 e. The van der Waals surface area contributed by atoms with Crippen molar-refractivity contribution >= 4 is 11.6 Å². The summed E-state index contributed by atoms with van der Waals surface area (Å²) in [7, 11) is 0. The van der Waals surface area contributed by atoms with E-state index in [1.165, 1.54) is 16.7 Å². The molecule has 0 heterocycles. The summed E-state index contributed by atoms with van der Waals surface area (Å²) in [5, 5.41) is 9.80. The first-order valence-electron chi connectivity index (χ1n) is 11.2. The molecule has 0 amide bonds. The average Bonchev–Trinajstić information content (AvgIpc) is 3.07.